The van der Waals surface area contributed by atoms with Crippen LogP contribution in [-0.4, -0.2) is 17.6 Å². The number of rotatable bonds is 5. The summed E-state index contributed by atoms with van der Waals surface area (Å²) in [6.07, 6.45) is 5.32. The van der Waals surface area contributed by atoms with Crippen molar-refractivity contribution in [1.82, 2.24) is 0 Å². The smallest absolute Gasteiger partial charge is 0.266 e. The molecule has 3 rings (SSSR count). The highest BCUT2D eigenvalue weighted by atomic mass is 127. The molecule has 0 radical (unpaired) electrons. The standard InChI is InChI=1S/C21H18IN3O3S/c1-2-28-17-9-12(8-16(22)19(17)26)7-13(10-23)20(27)25-21-15(11-24)14-5-3-4-6-18(14)29-21/h7-9,26H,2-6H2,1H3,(H,25,27)/b13-7+. The molecule has 1 aromatic heterocycles. The maximum Gasteiger partial charge on any atom is 0.266 e. The van der Waals surface area contributed by atoms with Crippen molar-refractivity contribution in [3.63, 3.8) is 0 Å². The lowest BCUT2D eigenvalue weighted by Crippen LogP contribution is -2.13. The van der Waals surface area contributed by atoms with Gasteiger partial charge in [-0.05, 0) is 84.5 Å². The Bertz CT molecular complexity index is 1080. The lowest BCUT2D eigenvalue weighted by molar-refractivity contribution is -0.112. The maximum atomic E-state index is 12.7. The van der Waals surface area contributed by atoms with E-state index < -0.39 is 5.91 Å². The zero-order valence-corrected chi connectivity index (χ0v) is 18.7. The van der Waals surface area contributed by atoms with Crippen LogP contribution >= 0.6 is 33.9 Å². The van der Waals surface area contributed by atoms with Crippen molar-refractivity contribution in [2.75, 3.05) is 11.9 Å². The molecule has 0 fully saturated rings. The summed E-state index contributed by atoms with van der Waals surface area (Å²) in [6, 6.07) is 7.36. The molecule has 1 aliphatic rings. The predicted octanol–water partition coefficient (Wildman–Crippen LogP) is 4.75. The van der Waals surface area contributed by atoms with E-state index in [0.29, 0.717) is 32.1 Å². The number of halogens is 1. The number of nitrogens with zero attached hydrogens (tertiary/aromatic N) is 2. The second-order valence-corrected chi connectivity index (χ2v) is 8.70. The highest BCUT2D eigenvalue weighted by Gasteiger charge is 2.22. The predicted molar refractivity (Wildman–Crippen MR) is 120 cm³/mol. The van der Waals surface area contributed by atoms with Gasteiger partial charge < -0.3 is 15.2 Å². The van der Waals surface area contributed by atoms with Crippen LogP contribution in [0, 0.1) is 26.2 Å². The number of aryl methyl sites for hydroxylation is 1. The number of hydrogen-bond donors (Lipinski definition) is 2. The lowest BCUT2D eigenvalue weighted by Gasteiger charge is -2.09. The lowest BCUT2D eigenvalue weighted by atomic mass is 9.96. The summed E-state index contributed by atoms with van der Waals surface area (Å²) in [5.74, 6) is -0.250. The van der Waals surface area contributed by atoms with Crippen molar-refractivity contribution in [3.8, 4) is 23.6 Å². The van der Waals surface area contributed by atoms with Gasteiger partial charge in [0.25, 0.3) is 5.91 Å². The Labute approximate surface area is 186 Å². The third-order valence-corrected chi connectivity index (χ3v) is 6.57. The van der Waals surface area contributed by atoms with Crippen LogP contribution in [0.25, 0.3) is 6.08 Å². The summed E-state index contributed by atoms with van der Waals surface area (Å²) in [5, 5.41) is 32.3. The van der Waals surface area contributed by atoms with E-state index in [-0.39, 0.29) is 11.3 Å². The molecule has 0 saturated heterocycles. The van der Waals surface area contributed by atoms with Crippen molar-refractivity contribution in [3.05, 3.63) is 42.8 Å². The number of ether oxygens (including phenoxy) is 1. The molecule has 1 aliphatic carbocycles. The SMILES string of the molecule is CCOc1cc(/C=C(\C#N)C(=O)Nc2sc3c(c2C#N)CCCC3)cc(I)c1O. The molecule has 148 valence electrons. The van der Waals surface area contributed by atoms with Crippen LogP contribution in [0.15, 0.2) is 17.7 Å². The van der Waals surface area contributed by atoms with E-state index in [4.69, 9.17) is 4.74 Å². The fourth-order valence-corrected chi connectivity index (χ4v) is 5.06. The molecule has 0 saturated carbocycles. The van der Waals surface area contributed by atoms with Gasteiger partial charge in [0.1, 0.15) is 22.7 Å². The highest BCUT2D eigenvalue weighted by Crippen LogP contribution is 2.38. The largest absolute Gasteiger partial charge is 0.504 e. The fourth-order valence-electron chi connectivity index (χ4n) is 3.20. The summed E-state index contributed by atoms with van der Waals surface area (Å²) >= 11 is 3.38. The monoisotopic (exact) mass is 519 g/mol. The number of carbonyl (C=O) groups excluding carboxylic acids is 1. The molecule has 0 aliphatic heterocycles. The van der Waals surface area contributed by atoms with Gasteiger partial charge in [0.15, 0.2) is 11.5 Å². The Kier molecular flexibility index (Phi) is 6.78. The molecular weight excluding hydrogens is 501 g/mol. The Morgan fingerprint density at radius 2 is 2.14 bits per heavy atom. The highest BCUT2D eigenvalue weighted by molar-refractivity contribution is 14.1. The fraction of sp³-hybridized carbons (Fsp3) is 0.286. The molecule has 6 nitrogen and oxygen atoms in total. The number of amides is 1. The third-order valence-electron chi connectivity index (χ3n) is 4.54. The molecule has 29 heavy (non-hydrogen) atoms. The number of carbonyl (C=O) groups is 1. The molecule has 1 heterocycles. The quantitative estimate of drug-likeness (QED) is 0.337. The summed E-state index contributed by atoms with van der Waals surface area (Å²) in [4.78, 5) is 13.8. The Hall–Kier alpha value is -2.56. The van der Waals surface area contributed by atoms with Crippen LogP contribution in [0.4, 0.5) is 5.00 Å². The molecule has 0 unspecified atom stereocenters. The first-order valence-corrected chi connectivity index (χ1v) is 11.0. The maximum absolute atomic E-state index is 12.7. The third kappa shape index (κ3) is 4.55. The van der Waals surface area contributed by atoms with Crippen molar-refractivity contribution >= 4 is 50.9 Å². The van der Waals surface area contributed by atoms with Crippen molar-refractivity contribution in [2.24, 2.45) is 0 Å². The Morgan fingerprint density at radius 1 is 1.38 bits per heavy atom. The number of phenolic OH excluding ortho intramolecular Hbond substituents is 1. The summed E-state index contributed by atoms with van der Waals surface area (Å²) in [7, 11) is 0. The van der Waals surface area contributed by atoms with E-state index in [2.05, 4.69) is 11.4 Å². The molecular formula is C21H18IN3O3S. The number of nitriles is 2. The van der Waals surface area contributed by atoms with Gasteiger partial charge >= 0.3 is 0 Å². The first-order valence-electron chi connectivity index (χ1n) is 9.11. The number of thiophene rings is 1. The zero-order chi connectivity index (χ0) is 21.0. The van der Waals surface area contributed by atoms with Gasteiger partial charge in [0.2, 0.25) is 0 Å². The van der Waals surface area contributed by atoms with Gasteiger partial charge in [-0.15, -0.1) is 11.3 Å². The van der Waals surface area contributed by atoms with Gasteiger partial charge in [-0.25, -0.2) is 0 Å². The average Bonchev–Trinajstić information content (AvgIpc) is 3.06. The topological polar surface area (TPSA) is 106 Å². The van der Waals surface area contributed by atoms with Crippen LogP contribution in [0.5, 0.6) is 11.5 Å². The van der Waals surface area contributed by atoms with Gasteiger partial charge in [-0.3, -0.25) is 4.79 Å². The summed E-state index contributed by atoms with van der Waals surface area (Å²) in [5.41, 5.74) is 2.00. The number of anilines is 1. The van der Waals surface area contributed by atoms with Crippen LogP contribution in [0.2, 0.25) is 0 Å². The molecule has 1 aromatic carbocycles. The second-order valence-electron chi connectivity index (χ2n) is 6.43. The first kappa shape index (κ1) is 21.2. The van der Waals surface area contributed by atoms with Gasteiger partial charge in [-0.2, -0.15) is 10.5 Å². The summed E-state index contributed by atoms with van der Waals surface area (Å²) < 4.78 is 5.96. The Balaban J connectivity index is 1.90. The number of fused-ring (bicyclic) bond motifs is 1. The van der Waals surface area contributed by atoms with Crippen molar-refractivity contribution in [2.45, 2.75) is 32.6 Å². The van der Waals surface area contributed by atoms with Gasteiger partial charge in [0.05, 0.1) is 15.7 Å². The molecule has 0 atom stereocenters. The summed E-state index contributed by atoms with van der Waals surface area (Å²) in [6.45, 7) is 2.18. The number of benzene rings is 1. The minimum absolute atomic E-state index is 0.0235. The van der Waals surface area contributed by atoms with E-state index in [0.717, 1.165) is 36.1 Å². The molecule has 8 heteroatoms. The van der Waals surface area contributed by atoms with E-state index >= 15 is 0 Å². The second kappa shape index (κ2) is 9.29. The minimum atomic E-state index is -0.566. The van der Waals surface area contributed by atoms with Crippen molar-refractivity contribution in [1.29, 1.82) is 10.5 Å². The van der Waals surface area contributed by atoms with Crippen LogP contribution in [-0.2, 0) is 17.6 Å². The average molecular weight is 519 g/mol. The number of phenols is 1. The van der Waals surface area contributed by atoms with Gasteiger partial charge in [-0.1, -0.05) is 0 Å². The van der Waals surface area contributed by atoms with Crippen LogP contribution < -0.4 is 10.1 Å². The zero-order valence-electron chi connectivity index (χ0n) is 15.7. The van der Waals surface area contributed by atoms with E-state index in [1.165, 1.54) is 17.4 Å². The van der Waals surface area contributed by atoms with Crippen LogP contribution in [0.3, 0.4) is 0 Å². The van der Waals surface area contributed by atoms with Gasteiger partial charge in [0, 0.05) is 4.88 Å². The molecule has 1 amide bonds. The van der Waals surface area contributed by atoms with E-state index in [1.807, 2.05) is 28.7 Å². The molecule has 2 aromatic rings. The minimum Gasteiger partial charge on any atom is -0.504 e. The molecule has 0 bridgehead atoms. The van der Waals surface area contributed by atoms with E-state index in [9.17, 15) is 20.4 Å². The van der Waals surface area contributed by atoms with Crippen LogP contribution in [0.1, 0.15) is 41.3 Å². The Morgan fingerprint density at radius 3 is 2.83 bits per heavy atom. The molecule has 0 spiro atoms. The first-order chi connectivity index (χ1) is 14.0. The van der Waals surface area contributed by atoms with E-state index in [1.54, 1.807) is 19.1 Å². The number of hydrogen-bond acceptors (Lipinski definition) is 6. The normalized spacial score (nSPS) is 13.2. The van der Waals surface area contributed by atoms with Crippen molar-refractivity contribution < 1.29 is 14.6 Å². The number of nitrogens with one attached hydrogen (secondary N) is 1. The number of aromatic hydroxyl groups is 1. The molecule has 2 N–H and O–H groups in total.